The first kappa shape index (κ1) is 13.7. The molecule has 0 N–H and O–H groups in total. The molecule has 0 spiro atoms. The second-order valence-electron chi connectivity index (χ2n) is 5.36. The molecule has 0 nitrogen and oxygen atoms in total. The molecule has 0 saturated carbocycles. The Hall–Kier alpha value is -1.98. The molecule has 0 aliphatic carbocycles. The van der Waals surface area contributed by atoms with Crippen LogP contribution in [0.4, 0.5) is 0 Å². The van der Waals surface area contributed by atoms with Crippen LogP contribution in [0.5, 0.6) is 0 Å². The van der Waals surface area contributed by atoms with Crippen LogP contribution < -0.4 is 10.7 Å². The summed E-state index contributed by atoms with van der Waals surface area (Å²) in [5, 5.41) is 0. The van der Waals surface area contributed by atoms with Gasteiger partial charge in [-0.2, -0.15) is 0 Å². The SMILES string of the molecule is [2H]C#C[CH2][Sn]([c]1ccccc1)([c]1ccccc1)[c]1ccccc1. The van der Waals surface area contributed by atoms with E-state index in [1.54, 1.807) is 0 Å². The van der Waals surface area contributed by atoms with Gasteiger partial charge in [-0.25, -0.2) is 0 Å². The van der Waals surface area contributed by atoms with E-state index in [1.807, 2.05) is 0 Å². The van der Waals surface area contributed by atoms with Crippen molar-refractivity contribution in [2.75, 3.05) is 0 Å². The zero-order valence-electron chi connectivity index (χ0n) is 13.4. The van der Waals surface area contributed by atoms with E-state index in [0.717, 1.165) is 4.44 Å². The third kappa shape index (κ3) is 2.69. The summed E-state index contributed by atoms with van der Waals surface area (Å²) in [4.78, 5) is 0. The second kappa shape index (κ2) is 6.85. The van der Waals surface area contributed by atoms with Crippen LogP contribution in [0.3, 0.4) is 0 Å². The van der Waals surface area contributed by atoms with E-state index in [1.165, 1.54) is 10.7 Å². The third-order valence-electron chi connectivity index (χ3n) is 4.15. The molecular weight excluding hydrogens is 371 g/mol. The predicted octanol–water partition coefficient (Wildman–Crippen LogP) is 2.79. The van der Waals surface area contributed by atoms with Crippen molar-refractivity contribution in [2.24, 2.45) is 0 Å². The fourth-order valence-electron chi connectivity index (χ4n) is 3.11. The molecule has 0 saturated heterocycles. The first-order chi connectivity index (χ1) is 11.4. The van der Waals surface area contributed by atoms with Crippen LogP contribution in [0.15, 0.2) is 91.0 Å². The zero-order valence-corrected chi connectivity index (χ0v) is 15.2. The van der Waals surface area contributed by atoms with Gasteiger partial charge in [0.15, 0.2) is 0 Å². The Bertz CT molecular complexity index is 705. The summed E-state index contributed by atoms with van der Waals surface area (Å²) in [5.41, 5.74) is 0. The summed E-state index contributed by atoms with van der Waals surface area (Å²) in [5.74, 6) is 3.09. The van der Waals surface area contributed by atoms with E-state index in [9.17, 15) is 0 Å². The van der Waals surface area contributed by atoms with Gasteiger partial charge in [-0.15, -0.1) is 0 Å². The van der Waals surface area contributed by atoms with Gasteiger partial charge in [0.1, 0.15) is 0 Å². The van der Waals surface area contributed by atoms with Gasteiger partial charge in [0, 0.05) is 0 Å². The van der Waals surface area contributed by atoms with Crippen LogP contribution in [-0.4, -0.2) is 18.4 Å². The van der Waals surface area contributed by atoms with Crippen molar-refractivity contribution < 1.29 is 1.37 Å². The van der Waals surface area contributed by atoms with Crippen molar-refractivity contribution >= 4 is 29.1 Å². The maximum absolute atomic E-state index is 7.34. The molecule has 22 heavy (non-hydrogen) atoms. The normalized spacial score (nSPS) is 11.2. The van der Waals surface area contributed by atoms with E-state index in [4.69, 9.17) is 1.37 Å². The minimum atomic E-state index is -3.20. The van der Waals surface area contributed by atoms with Crippen molar-refractivity contribution in [3.8, 4) is 12.3 Å². The molecule has 0 aromatic heterocycles. The summed E-state index contributed by atoms with van der Waals surface area (Å²) in [6, 6.07) is 32.3. The molecule has 1 heteroatoms. The summed E-state index contributed by atoms with van der Waals surface area (Å²) in [6.07, 6.45) is 2.38. The molecule has 0 aliphatic heterocycles. The Labute approximate surface area is 138 Å². The monoisotopic (exact) mass is 391 g/mol. The van der Waals surface area contributed by atoms with Crippen molar-refractivity contribution in [2.45, 2.75) is 4.44 Å². The van der Waals surface area contributed by atoms with Gasteiger partial charge >= 0.3 is 138 Å². The quantitative estimate of drug-likeness (QED) is 0.475. The van der Waals surface area contributed by atoms with Crippen molar-refractivity contribution in [1.29, 1.82) is 0 Å². The maximum atomic E-state index is 7.34. The molecular formula is C21H18Sn. The summed E-state index contributed by atoms with van der Waals surface area (Å²) >= 11 is -3.20. The van der Waals surface area contributed by atoms with E-state index >= 15 is 0 Å². The van der Waals surface area contributed by atoms with Crippen LogP contribution in [0.1, 0.15) is 1.37 Å². The Morgan fingerprint density at radius 2 is 1.05 bits per heavy atom. The summed E-state index contributed by atoms with van der Waals surface area (Å²) < 4.78 is 12.3. The third-order valence-corrected chi connectivity index (χ3v) is 17.5. The Balaban J connectivity index is 2.31. The molecule has 0 heterocycles. The molecule has 3 rings (SSSR count). The van der Waals surface area contributed by atoms with Crippen LogP contribution in [0, 0.1) is 12.3 Å². The molecule has 3 aromatic rings. The van der Waals surface area contributed by atoms with E-state index in [0.29, 0.717) is 0 Å². The number of hydrogen-bond acceptors (Lipinski definition) is 0. The number of terminal acetylenes is 1. The van der Waals surface area contributed by atoms with Gasteiger partial charge in [0.05, 0.1) is 0 Å². The zero-order chi connectivity index (χ0) is 16.0. The second-order valence-corrected chi connectivity index (χ2v) is 16.5. The van der Waals surface area contributed by atoms with Gasteiger partial charge in [-0.3, -0.25) is 0 Å². The standard InChI is InChI=1S/3C6H5.C3H3.Sn/c3*1-2-4-6-5-3-1;1-3-2;/h3*1-5H;1H,2H2;/i;;;1D;. The fraction of sp³-hybridized carbons (Fsp3) is 0.0476. The number of benzene rings is 3. The molecule has 0 unspecified atom stereocenters. The van der Waals surface area contributed by atoms with Gasteiger partial charge in [0.25, 0.3) is 0 Å². The fourth-order valence-corrected chi connectivity index (χ4v) is 15.0. The van der Waals surface area contributed by atoms with Crippen LogP contribution >= 0.6 is 0 Å². The Kier molecular flexibility index (Phi) is 4.26. The van der Waals surface area contributed by atoms with E-state index in [2.05, 4.69) is 103 Å². The minimum absolute atomic E-state index is 0.788. The number of rotatable bonds is 4. The molecule has 0 amide bonds. The average molecular weight is 390 g/mol. The molecule has 0 aliphatic rings. The van der Waals surface area contributed by atoms with Crippen molar-refractivity contribution in [1.82, 2.24) is 0 Å². The summed E-state index contributed by atoms with van der Waals surface area (Å²) in [6.45, 7) is 0. The van der Waals surface area contributed by atoms with Crippen LogP contribution in [-0.2, 0) is 0 Å². The average Bonchev–Trinajstić information content (AvgIpc) is 2.65. The predicted molar refractivity (Wildman–Crippen MR) is 97.6 cm³/mol. The molecule has 3 aromatic carbocycles. The van der Waals surface area contributed by atoms with E-state index < -0.39 is 18.4 Å². The molecule has 0 fully saturated rings. The summed E-state index contributed by atoms with van der Waals surface area (Å²) in [7, 11) is 0. The topological polar surface area (TPSA) is 0 Å². The van der Waals surface area contributed by atoms with Crippen LogP contribution in [0.25, 0.3) is 0 Å². The number of hydrogen-bond donors (Lipinski definition) is 0. The van der Waals surface area contributed by atoms with E-state index in [-0.39, 0.29) is 0 Å². The molecule has 0 bridgehead atoms. The molecule has 0 radical (unpaired) electrons. The van der Waals surface area contributed by atoms with Gasteiger partial charge < -0.3 is 0 Å². The van der Waals surface area contributed by atoms with Crippen molar-refractivity contribution in [3.05, 3.63) is 91.0 Å². The molecule has 0 atom stereocenters. The van der Waals surface area contributed by atoms with Crippen molar-refractivity contribution in [3.63, 3.8) is 0 Å². The van der Waals surface area contributed by atoms with Gasteiger partial charge in [0.2, 0.25) is 0 Å². The van der Waals surface area contributed by atoms with Gasteiger partial charge in [-0.1, -0.05) is 0 Å². The Morgan fingerprint density at radius 1 is 0.682 bits per heavy atom. The molecule has 106 valence electrons. The first-order valence-corrected chi connectivity index (χ1v) is 13.7. The van der Waals surface area contributed by atoms with Crippen LogP contribution in [0.2, 0.25) is 4.44 Å². The van der Waals surface area contributed by atoms with Gasteiger partial charge in [-0.05, 0) is 0 Å². The Morgan fingerprint density at radius 3 is 1.36 bits per heavy atom. The first-order valence-electron chi connectivity index (χ1n) is 7.94.